The zero-order valence-corrected chi connectivity index (χ0v) is 19.9. The quantitative estimate of drug-likeness (QED) is 0.652. The van der Waals surface area contributed by atoms with E-state index in [4.69, 9.17) is 5.26 Å². The molecule has 9 heteroatoms. The molecule has 2 saturated heterocycles. The summed E-state index contributed by atoms with van der Waals surface area (Å²) in [6.45, 7) is 1.06. The van der Waals surface area contributed by atoms with E-state index in [0.29, 0.717) is 42.7 Å². The topological polar surface area (TPSA) is 98.1 Å². The summed E-state index contributed by atoms with van der Waals surface area (Å²) >= 11 is 0. The summed E-state index contributed by atoms with van der Waals surface area (Å²) in [5, 5.41) is 9.30. The smallest absolute Gasteiger partial charge is 0.237 e. The first-order valence-electron chi connectivity index (χ1n) is 12.0. The largest absolute Gasteiger partial charge is 0.356 e. The molecule has 3 atom stereocenters. The van der Waals surface area contributed by atoms with Crippen molar-refractivity contribution in [3.63, 3.8) is 0 Å². The zero-order valence-electron chi connectivity index (χ0n) is 19.0. The van der Waals surface area contributed by atoms with Gasteiger partial charge in [0.15, 0.2) is 0 Å². The number of nitrogens with one attached hydrogen (secondary N) is 2. The van der Waals surface area contributed by atoms with Crippen LogP contribution in [-0.4, -0.2) is 42.3 Å². The van der Waals surface area contributed by atoms with Crippen molar-refractivity contribution >= 4 is 24.2 Å². The molecule has 1 aromatic heterocycles. The number of benzene rings is 1. The van der Waals surface area contributed by atoms with Crippen LogP contribution in [0.15, 0.2) is 36.5 Å². The first kappa shape index (κ1) is 23.0. The minimum Gasteiger partial charge on any atom is -0.356 e. The predicted octanol–water partition coefficient (Wildman–Crippen LogP) is 2.95. The fraction of sp³-hybridized carbons (Fsp3) is 0.480. The molecule has 2 aliphatic heterocycles. The van der Waals surface area contributed by atoms with Crippen LogP contribution in [0.3, 0.4) is 0 Å². The molecule has 34 heavy (non-hydrogen) atoms. The highest BCUT2D eigenvalue weighted by molar-refractivity contribution is 7.71. The fourth-order valence-electron chi connectivity index (χ4n) is 5.68. The van der Waals surface area contributed by atoms with Crippen LogP contribution in [0.25, 0.3) is 0 Å². The molecule has 7 nitrogen and oxygen atoms in total. The lowest BCUT2D eigenvalue weighted by Crippen LogP contribution is -2.60. The minimum absolute atomic E-state index is 0.0402. The average Bonchev–Trinajstić information content (AvgIpc) is 2.87. The van der Waals surface area contributed by atoms with Gasteiger partial charge >= 0.3 is 0 Å². The number of carbonyl (C=O) groups is 1. The van der Waals surface area contributed by atoms with E-state index in [0.717, 1.165) is 37.1 Å². The Labute approximate surface area is 199 Å². The number of nitrogens with zero attached hydrogens (tertiary/aromatic N) is 3. The molecule has 1 aromatic carbocycles. The van der Waals surface area contributed by atoms with E-state index in [9.17, 15) is 13.8 Å². The highest BCUT2D eigenvalue weighted by Crippen LogP contribution is 2.47. The van der Waals surface area contributed by atoms with Crippen LogP contribution >= 0.6 is 7.14 Å². The number of nitriles is 1. The predicted molar refractivity (Wildman–Crippen MR) is 129 cm³/mol. The van der Waals surface area contributed by atoms with Crippen LogP contribution in [0.4, 0.5) is 10.2 Å². The Morgan fingerprint density at radius 1 is 1.18 bits per heavy atom. The van der Waals surface area contributed by atoms with Gasteiger partial charge in [-0.1, -0.05) is 18.9 Å². The first-order valence-corrected chi connectivity index (χ1v) is 14.1. The average molecular weight is 482 g/mol. The highest BCUT2D eigenvalue weighted by Gasteiger charge is 2.40. The van der Waals surface area contributed by atoms with Crippen molar-refractivity contribution in [2.45, 2.75) is 38.1 Å². The van der Waals surface area contributed by atoms with Crippen LogP contribution in [-0.2, 0) is 15.8 Å². The molecule has 178 valence electrons. The summed E-state index contributed by atoms with van der Waals surface area (Å²) in [7, 11) is -2.88. The summed E-state index contributed by atoms with van der Waals surface area (Å²) < 4.78 is 28.7. The number of carbonyl (C=O) groups excluding carboxylic acids is 1. The van der Waals surface area contributed by atoms with Gasteiger partial charge in [-0.2, -0.15) is 5.26 Å². The van der Waals surface area contributed by atoms with Gasteiger partial charge < -0.3 is 9.46 Å². The summed E-state index contributed by atoms with van der Waals surface area (Å²) in [4.78, 5) is 18.6. The zero-order chi connectivity index (χ0) is 23.7. The van der Waals surface area contributed by atoms with Crippen LogP contribution in [0.1, 0.15) is 36.8 Å². The number of fused-ring (bicyclic) bond motifs is 1. The number of amides is 1. The molecular weight excluding hydrogens is 452 g/mol. The van der Waals surface area contributed by atoms with Gasteiger partial charge in [0.05, 0.1) is 5.56 Å². The van der Waals surface area contributed by atoms with E-state index in [1.54, 1.807) is 24.3 Å². The number of pyridine rings is 1. The van der Waals surface area contributed by atoms with Crippen molar-refractivity contribution in [1.29, 1.82) is 5.26 Å². The lowest BCUT2D eigenvalue weighted by Gasteiger charge is -2.41. The van der Waals surface area contributed by atoms with Gasteiger partial charge in [0.1, 0.15) is 24.8 Å². The second-order valence-electron chi connectivity index (χ2n) is 9.63. The van der Waals surface area contributed by atoms with Crippen molar-refractivity contribution in [2.75, 3.05) is 30.3 Å². The van der Waals surface area contributed by atoms with Gasteiger partial charge in [0.25, 0.3) is 0 Å². The minimum atomic E-state index is -2.88. The molecule has 0 bridgehead atoms. The third-order valence-corrected chi connectivity index (χ3v) is 10.7. The summed E-state index contributed by atoms with van der Waals surface area (Å²) in [6, 6.07) is 10.7. The number of hydrazine groups is 1. The molecule has 2 aromatic rings. The van der Waals surface area contributed by atoms with Crippen LogP contribution < -0.4 is 21.1 Å². The second kappa shape index (κ2) is 9.48. The van der Waals surface area contributed by atoms with E-state index >= 15 is 0 Å². The molecule has 3 aliphatic rings. The molecule has 1 saturated carbocycles. The fourth-order valence-corrected chi connectivity index (χ4v) is 8.38. The van der Waals surface area contributed by atoms with Crippen molar-refractivity contribution in [3.8, 4) is 6.07 Å². The number of hydrogen-bond donors (Lipinski definition) is 2. The Hall–Kier alpha value is -2.75. The molecule has 3 unspecified atom stereocenters. The number of hydrogen-bond acceptors (Lipinski definition) is 6. The maximum atomic E-state index is 14.9. The Balaban J connectivity index is 1.30. The molecule has 0 spiro atoms. The molecular formula is C25H29FN5O2P. The summed E-state index contributed by atoms with van der Waals surface area (Å²) in [5.41, 5.74) is 7.45. The number of anilines is 1. The monoisotopic (exact) mass is 481 g/mol. The Bertz CT molecular complexity index is 1150. The lowest BCUT2D eigenvalue weighted by molar-refractivity contribution is -0.133. The van der Waals surface area contributed by atoms with E-state index in [1.165, 1.54) is 12.3 Å². The number of rotatable bonds is 4. The van der Waals surface area contributed by atoms with E-state index in [1.807, 2.05) is 4.90 Å². The normalized spacial score (nSPS) is 26.3. The maximum absolute atomic E-state index is 14.9. The third kappa shape index (κ3) is 4.47. The van der Waals surface area contributed by atoms with E-state index in [-0.39, 0.29) is 23.8 Å². The van der Waals surface area contributed by atoms with Gasteiger partial charge in [-0.15, -0.1) is 0 Å². The van der Waals surface area contributed by atoms with Gasteiger partial charge in [-0.25, -0.2) is 14.8 Å². The van der Waals surface area contributed by atoms with Gasteiger partial charge in [0, 0.05) is 48.9 Å². The van der Waals surface area contributed by atoms with Gasteiger partial charge in [0.2, 0.25) is 5.91 Å². The third-order valence-electron chi connectivity index (χ3n) is 7.62. The molecule has 1 amide bonds. The molecule has 0 radical (unpaired) electrons. The molecule has 3 heterocycles. The lowest BCUT2D eigenvalue weighted by atomic mass is 9.72. The molecule has 3 fully saturated rings. The van der Waals surface area contributed by atoms with Crippen molar-refractivity contribution < 1.29 is 13.8 Å². The SMILES string of the molecule is N#Cc1ccc(N2CCP(=O)(c3cc(CC4NNC(=O)C5CCCCC45)ccc3F)CC2)nc1. The van der Waals surface area contributed by atoms with Crippen LogP contribution in [0.2, 0.25) is 0 Å². The highest BCUT2D eigenvalue weighted by atomic mass is 31.2. The summed E-state index contributed by atoms with van der Waals surface area (Å²) in [5.74, 6) is 0.728. The number of aromatic nitrogens is 1. The van der Waals surface area contributed by atoms with E-state index in [2.05, 4.69) is 21.9 Å². The van der Waals surface area contributed by atoms with Crippen LogP contribution in [0.5, 0.6) is 0 Å². The Kier molecular flexibility index (Phi) is 6.42. The van der Waals surface area contributed by atoms with Crippen molar-refractivity contribution in [1.82, 2.24) is 15.8 Å². The van der Waals surface area contributed by atoms with Gasteiger partial charge in [-0.3, -0.25) is 10.2 Å². The molecule has 1 aliphatic carbocycles. The van der Waals surface area contributed by atoms with Crippen LogP contribution in [0, 0.1) is 29.0 Å². The van der Waals surface area contributed by atoms with Crippen molar-refractivity contribution in [3.05, 3.63) is 53.5 Å². The standard InChI is InChI=1S/C25H29FN5O2P/c26-21-7-5-17(13-22-19-3-1-2-4-20(19)25(32)30-29-22)14-23(21)34(33)11-9-31(10-12-34)24-8-6-18(15-27)16-28-24/h5-8,14,16,19-20,22,29H,1-4,9-13H2,(H,30,32). The molecule has 2 N–H and O–H groups in total. The van der Waals surface area contributed by atoms with Gasteiger partial charge in [-0.05, 0) is 55.0 Å². The first-order chi connectivity index (χ1) is 16.5. The van der Waals surface area contributed by atoms with E-state index < -0.39 is 13.0 Å². The molecule has 5 rings (SSSR count). The summed E-state index contributed by atoms with van der Waals surface area (Å²) in [6.07, 6.45) is 7.11. The Morgan fingerprint density at radius 3 is 2.71 bits per heavy atom. The van der Waals surface area contributed by atoms with Crippen molar-refractivity contribution in [2.24, 2.45) is 11.8 Å². The maximum Gasteiger partial charge on any atom is 0.237 e. The number of halogens is 1. The Morgan fingerprint density at radius 2 is 1.97 bits per heavy atom. The second-order valence-corrected chi connectivity index (χ2v) is 12.8.